The number of anilines is 1. The fraction of sp³-hybridized carbons (Fsp3) is 0.364. The van der Waals surface area contributed by atoms with Crippen LogP contribution >= 0.6 is 0 Å². The number of fused-ring (bicyclic) bond motifs is 3. The van der Waals surface area contributed by atoms with Crippen molar-refractivity contribution in [2.45, 2.75) is 51.2 Å². The van der Waals surface area contributed by atoms with E-state index in [4.69, 9.17) is 9.15 Å². The second-order valence-corrected chi connectivity index (χ2v) is 11.7. The van der Waals surface area contributed by atoms with Gasteiger partial charge in [-0.1, -0.05) is 11.6 Å². The zero-order valence-corrected chi connectivity index (χ0v) is 24.4. The van der Waals surface area contributed by atoms with Gasteiger partial charge in [-0.3, -0.25) is 14.6 Å². The summed E-state index contributed by atoms with van der Waals surface area (Å²) in [5.74, 6) is -3.22. The van der Waals surface area contributed by atoms with E-state index in [1.807, 2.05) is 18.2 Å². The Hall–Kier alpha value is -4.23. The van der Waals surface area contributed by atoms with Crippen LogP contribution in [-0.4, -0.2) is 34.6 Å². The van der Waals surface area contributed by atoms with Gasteiger partial charge in [-0.2, -0.15) is 26.3 Å². The second-order valence-electron chi connectivity index (χ2n) is 11.7. The minimum absolute atomic E-state index is 0.0358. The number of ether oxygens (including phenoxy) is 1. The van der Waals surface area contributed by atoms with Gasteiger partial charge in [-0.05, 0) is 85.9 Å². The number of hydrogen-bond acceptors (Lipinski definition) is 6. The van der Waals surface area contributed by atoms with Crippen LogP contribution in [0.4, 0.5) is 32.0 Å². The monoisotopic (exact) mass is 646 g/mol. The highest BCUT2D eigenvalue weighted by molar-refractivity contribution is 6.22. The van der Waals surface area contributed by atoms with Gasteiger partial charge >= 0.3 is 12.4 Å². The molecule has 2 saturated heterocycles. The van der Waals surface area contributed by atoms with Crippen molar-refractivity contribution >= 4 is 29.2 Å². The molecule has 4 heterocycles. The summed E-state index contributed by atoms with van der Waals surface area (Å²) >= 11 is 0. The summed E-state index contributed by atoms with van der Waals surface area (Å²) in [5, 5.41) is 9.37. The largest absolute Gasteiger partial charge is 0.459 e. The van der Waals surface area contributed by atoms with Crippen LogP contribution in [0.15, 0.2) is 70.3 Å². The van der Waals surface area contributed by atoms with Crippen molar-refractivity contribution < 1.29 is 50.2 Å². The van der Waals surface area contributed by atoms with E-state index in [-0.39, 0.29) is 25.7 Å². The smallest absolute Gasteiger partial charge is 0.416 e. The lowest BCUT2D eigenvalue weighted by atomic mass is 9.70. The Morgan fingerprint density at radius 2 is 1.72 bits per heavy atom. The number of aliphatic hydroxyl groups is 1. The number of furan rings is 1. The molecule has 0 bridgehead atoms. The third-order valence-corrected chi connectivity index (χ3v) is 8.81. The number of rotatable bonds is 7. The first-order chi connectivity index (χ1) is 21.8. The number of nitrogens with zero attached hydrogens (tertiary/aromatic N) is 2. The number of aromatic nitrogens is 1. The Morgan fingerprint density at radius 3 is 2.33 bits per heavy atom. The lowest BCUT2D eigenvalue weighted by Gasteiger charge is -2.30. The van der Waals surface area contributed by atoms with E-state index in [1.54, 1.807) is 31.3 Å². The van der Waals surface area contributed by atoms with Crippen LogP contribution in [0.25, 0.3) is 11.6 Å². The molecule has 0 radical (unpaired) electrons. The van der Waals surface area contributed by atoms with E-state index in [9.17, 15) is 41.0 Å². The first-order valence-corrected chi connectivity index (χ1v) is 14.6. The summed E-state index contributed by atoms with van der Waals surface area (Å²) in [6.07, 6.45) is -6.18. The molecular weight excluding hydrogens is 618 g/mol. The number of imide groups is 1. The zero-order valence-electron chi connectivity index (χ0n) is 24.4. The Bertz CT molecular complexity index is 1690. The van der Waals surface area contributed by atoms with Crippen molar-refractivity contribution in [1.29, 1.82) is 0 Å². The molecule has 2 aliphatic heterocycles. The molecule has 1 aliphatic carbocycles. The standard InChI is InChI=1S/C33H28F6N2O5/c1-17-10-24-29(31(44)41(30(24)43)21-13-19(32(34,35)36)12-20(14-21)33(37,38)39)25-16-45-27(28(17)25)8-5-18(26-4-2-3-9-40-26)11-22-6-7-23(15-42)46-22/h2-4,6-7,9,11-14,24-25,27,29,42H,5,8,10,15-16H2,1H3/b18-11-/t24-,25+,27-,29-/m1/s1. The van der Waals surface area contributed by atoms with Gasteiger partial charge < -0.3 is 14.3 Å². The van der Waals surface area contributed by atoms with Crippen LogP contribution in [0.3, 0.4) is 0 Å². The summed E-state index contributed by atoms with van der Waals surface area (Å²) in [5.41, 5.74) is -0.823. The molecule has 13 heteroatoms. The van der Waals surface area contributed by atoms with E-state index in [0.717, 1.165) is 16.7 Å². The number of pyridine rings is 1. The SMILES string of the molecule is CC1=C2[C@@H](CC/C(=C/c3ccc(CO)o3)c3ccccn3)OC[C@@H]2[C@@H]2C(=O)N(c3cc(C(F)(F)F)cc(C(F)(F)F)c3)C(=O)[C@@H]2C1. The third-order valence-electron chi connectivity index (χ3n) is 8.81. The molecule has 46 heavy (non-hydrogen) atoms. The number of aliphatic hydroxyl groups excluding tert-OH is 1. The summed E-state index contributed by atoms with van der Waals surface area (Å²) in [4.78, 5) is 32.2. The van der Waals surface area contributed by atoms with E-state index >= 15 is 0 Å². The van der Waals surface area contributed by atoms with Gasteiger partial charge in [0.25, 0.3) is 0 Å². The molecule has 7 nitrogen and oxygen atoms in total. The number of allylic oxidation sites excluding steroid dienone is 2. The molecule has 2 amide bonds. The quantitative estimate of drug-likeness (QED) is 0.168. The molecule has 1 aromatic carbocycles. The topological polar surface area (TPSA) is 92.9 Å². The maximum atomic E-state index is 13.7. The van der Waals surface area contributed by atoms with Crippen LogP contribution in [0.1, 0.15) is 54.5 Å². The highest BCUT2D eigenvalue weighted by atomic mass is 19.4. The van der Waals surface area contributed by atoms with E-state index in [0.29, 0.717) is 47.1 Å². The second kappa shape index (κ2) is 11.8. The normalized spacial score (nSPS) is 23.7. The van der Waals surface area contributed by atoms with Gasteiger partial charge in [0.1, 0.15) is 18.1 Å². The molecular formula is C33H28F6N2O5. The minimum Gasteiger partial charge on any atom is -0.459 e. The Morgan fingerprint density at radius 1 is 1.00 bits per heavy atom. The van der Waals surface area contributed by atoms with Crippen molar-refractivity contribution in [1.82, 2.24) is 4.98 Å². The number of alkyl halides is 6. The van der Waals surface area contributed by atoms with E-state index < -0.39 is 64.8 Å². The molecule has 0 saturated carbocycles. The van der Waals surface area contributed by atoms with Gasteiger partial charge in [-0.15, -0.1) is 0 Å². The molecule has 2 aromatic heterocycles. The lowest BCUT2D eigenvalue weighted by Crippen LogP contribution is -2.34. The maximum Gasteiger partial charge on any atom is 0.416 e. The fourth-order valence-electron chi connectivity index (χ4n) is 6.79. The molecule has 0 unspecified atom stereocenters. The Labute approximate surface area is 259 Å². The van der Waals surface area contributed by atoms with Crippen LogP contribution < -0.4 is 4.90 Å². The average Bonchev–Trinajstić information content (AvgIpc) is 3.71. The van der Waals surface area contributed by atoms with E-state index in [1.165, 1.54) is 0 Å². The van der Waals surface area contributed by atoms with Crippen LogP contribution in [0.2, 0.25) is 0 Å². The van der Waals surface area contributed by atoms with Gasteiger partial charge in [0, 0.05) is 12.1 Å². The van der Waals surface area contributed by atoms with Crippen LogP contribution in [-0.2, 0) is 33.3 Å². The maximum absolute atomic E-state index is 13.7. The molecule has 3 aromatic rings. The minimum atomic E-state index is -5.13. The Kier molecular flexibility index (Phi) is 8.18. The molecule has 0 spiro atoms. The third kappa shape index (κ3) is 5.89. The fourth-order valence-corrected chi connectivity index (χ4v) is 6.79. The predicted octanol–water partition coefficient (Wildman–Crippen LogP) is 7.07. The number of halogens is 6. The van der Waals surface area contributed by atoms with Gasteiger partial charge in [0.2, 0.25) is 11.8 Å². The van der Waals surface area contributed by atoms with Crippen LogP contribution in [0, 0.1) is 17.8 Å². The molecule has 3 aliphatic rings. The summed E-state index contributed by atoms with van der Waals surface area (Å²) < 4.78 is 93.1. The summed E-state index contributed by atoms with van der Waals surface area (Å²) in [6, 6.07) is 9.62. The highest BCUT2D eigenvalue weighted by Gasteiger charge is 2.57. The predicted molar refractivity (Wildman–Crippen MR) is 152 cm³/mol. The average molecular weight is 647 g/mol. The number of hydrogen-bond donors (Lipinski definition) is 1. The first kappa shape index (κ1) is 31.7. The zero-order chi connectivity index (χ0) is 33.0. The van der Waals surface area contributed by atoms with Crippen molar-refractivity contribution in [2.24, 2.45) is 17.8 Å². The van der Waals surface area contributed by atoms with Crippen molar-refractivity contribution in [2.75, 3.05) is 11.5 Å². The highest BCUT2D eigenvalue weighted by Crippen LogP contribution is 2.51. The summed E-state index contributed by atoms with van der Waals surface area (Å²) in [7, 11) is 0. The van der Waals surface area contributed by atoms with Crippen molar-refractivity contribution in [3.05, 3.63) is 94.2 Å². The molecule has 2 fully saturated rings. The van der Waals surface area contributed by atoms with Crippen molar-refractivity contribution in [3.8, 4) is 0 Å². The molecule has 1 N–H and O–H groups in total. The molecule has 6 rings (SSSR count). The van der Waals surface area contributed by atoms with Gasteiger partial charge in [0.05, 0.1) is 47.1 Å². The number of carbonyl (C=O) groups is 2. The number of benzene rings is 1. The van der Waals surface area contributed by atoms with Gasteiger partial charge in [-0.25, -0.2) is 4.90 Å². The molecule has 242 valence electrons. The molecule has 4 atom stereocenters. The first-order valence-electron chi connectivity index (χ1n) is 14.6. The van der Waals surface area contributed by atoms with Crippen molar-refractivity contribution in [3.63, 3.8) is 0 Å². The van der Waals surface area contributed by atoms with Gasteiger partial charge in [0.15, 0.2) is 0 Å². The number of amides is 2. The van der Waals surface area contributed by atoms with E-state index in [2.05, 4.69) is 4.98 Å². The summed E-state index contributed by atoms with van der Waals surface area (Å²) in [6.45, 7) is 1.62. The number of carbonyl (C=O) groups excluding carboxylic acids is 2. The van der Waals surface area contributed by atoms with Crippen LogP contribution in [0.5, 0.6) is 0 Å². The Balaban J connectivity index is 1.26. The lowest BCUT2D eigenvalue weighted by molar-refractivity contribution is -0.143.